The molecule has 5 nitrogen and oxygen atoms in total. The van der Waals surface area contributed by atoms with Crippen molar-refractivity contribution in [1.82, 2.24) is 9.97 Å². The van der Waals surface area contributed by atoms with Crippen LogP contribution in [0.2, 0.25) is 0 Å². The van der Waals surface area contributed by atoms with Gasteiger partial charge in [-0.1, -0.05) is 13.0 Å². The molecule has 1 N–H and O–H groups in total. The smallest absolute Gasteiger partial charge is 0.254 e. The van der Waals surface area contributed by atoms with Gasteiger partial charge in [0.15, 0.2) is 0 Å². The number of nitrogens with one attached hydrogen (secondary N) is 1. The van der Waals surface area contributed by atoms with E-state index in [2.05, 4.69) is 9.97 Å². The van der Waals surface area contributed by atoms with E-state index in [0.717, 1.165) is 5.69 Å². The minimum absolute atomic E-state index is 0.203. The van der Waals surface area contributed by atoms with E-state index < -0.39 is 0 Å². The third-order valence-electron chi connectivity index (χ3n) is 2.66. The van der Waals surface area contributed by atoms with Crippen molar-refractivity contribution < 1.29 is 4.74 Å². The number of aryl methyl sites for hydroxylation is 1. The molecule has 0 saturated carbocycles. The highest BCUT2D eigenvalue weighted by Crippen LogP contribution is 2.23. The molecule has 0 radical (unpaired) electrons. The standard InChI is InChI=1S/C14H17N3O2/c1-4-12-15-13(18)9-14(16-12)19-11-7-5-6-10(8-11)17(2)3/h5-9H,4H2,1-3H3,(H,15,16,18). The molecule has 0 unspecified atom stereocenters. The molecule has 0 aliphatic carbocycles. The average Bonchev–Trinajstić information content (AvgIpc) is 2.38. The molecule has 0 atom stereocenters. The molecular formula is C14H17N3O2. The van der Waals surface area contributed by atoms with Crippen molar-refractivity contribution in [1.29, 1.82) is 0 Å². The Hall–Kier alpha value is -2.30. The number of aromatic amines is 1. The molecule has 0 aliphatic heterocycles. The maximum atomic E-state index is 11.5. The molecule has 5 heteroatoms. The second-order valence-corrected chi connectivity index (χ2v) is 4.38. The number of nitrogens with zero attached hydrogens (tertiary/aromatic N) is 2. The molecule has 100 valence electrons. The Bertz CT molecular complexity index is 620. The van der Waals surface area contributed by atoms with Crippen LogP contribution in [0, 0.1) is 0 Å². The Balaban J connectivity index is 2.28. The Morgan fingerprint density at radius 2 is 2.11 bits per heavy atom. The zero-order valence-electron chi connectivity index (χ0n) is 11.3. The van der Waals surface area contributed by atoms with Gasteiger partial charge in [-0.05, 0) is 12.1 Å². The molecular weight excluding hydrogens is 242 g/mol. The van der Waals surface area contributed by atoms with Gasteiger partial charge in [-0.3, -0.25) is 4.79 Å². The van der Waals surface area contributed by atoms with Gasteiger partial charge in [0.2, 0.25) is 5.88 Å². The molecule has 2 aromatic rings. The van der Waals surface area contributed by atoms with E-state index in [-0.39, 0.29) is 5.56 Å². The summed E-state index contributed by atoms with van der Waals surface area (Å²) in [7, 11) is 3.92. The predicted molar refractivity (Wildman–Crippen MR) is 75.1 cm³/mol. The molecule has 1 heterocycles. The molecule has 1 aromatic heterocycles. The van der Waals surface area contributed by atoms with Crippen LogP contribution >= 0.6 is 0 Å². The van der Waals surface area contributed by atoms with Crippen molar-refractivity contribution in [2.75, 3.05) is 19.0 Å². The fourth-order valence-corrected chi connectivity index (χ4v) is 1.65. The SMILES string of the molecule is CCc1nc(Oc2cccc(N(C)C)c2)cc(=O)[nH]1. The van der Waals surface area contributed by atoms with Gasteiger partial charge in [-0.25, -0.2) is 0 Å². The summed E-state index contributed by atoms with van der Waals surface area (Å²) in [4.78, 5) is 20.3. The zero-order valence-corrected chi connectivity index (χ0v) is 11.3. The Kier molecular flexibility index (Phi) is 3.85. The lowest BCUT2D eigenvalue weighted by molar-refractivity contribution is 0.458. The zero-order chi connectivity index (χ0) is 13.8. The van der Waals surface area contributed by atoms with E-state index in [4.69, 9.17) is 4.74 Å². The van der Waals surface area contributed by atoms with Crippen molar-refractivity contribution in [3.05, 3.63) is 46.5 Å². The molecule has 0 saturated heterocycles. The van der Waals surface area contributed by atoms with Crippen LogP contribution in [-0.4, -0.2) is 24.1 Å². The lowest BCUT2D eigenvalue weighted by Crippen LogP contribution is -2.10. The van der Waals surface area contributed by atoms with Crippen molar-refractivity contribution in [2.24, 2.45) is 0 Å². The van der Waals surface area contributed by atoms with Crippen molar-refractivity contribution in [3.8, 4) is 11.6 Å². The summed E-state index contributed by atoms with van der Waals surface area (Å²) in [6.45, 7) is 1.93. The quantitative estimate of drug-likeness (QED) is 0.914. The maximum absolute atomic E-state index is 11.5. The fourth-order valence-electron chi connectivity index (χ4n) is 1.65. The van der Waals surface area contributed by atoms with E-state index in [9.17, 15) is 4.79 Å². The fraction of sp³-hybridized carbons (Fsp3) is 0.286. The highest BCUT2D eigenvalue weighted by Gasteiger charge is 2.04. The molecule has 2 rings (SSSR count). The minimum atomic E-state index is -0.203. The van der Waals surface area contributed by atoms with Gasteiger partial charge in [-0.15, -0.1) is 0 Å². The van der Waals surface area contributed by atoms with Gasteiger partial charge in [0.25, 0.3) is 5.56 Å². The average molecular weight is 259 g/mol. The number of aromatic nitrogens is 2. The first kappa shape index (κ1) is 13.1. The van der Waals surface area contributed by atoms with E-state index in [0.29, 0.717) is 23.9 Å². The normalized spacial score (nSPS) is 10.3. The Labute approximate surface area is 111 Å². The minimum Gasteiger partial charge on any atom is -0.439 e. The molecule has 0 spiro atoms. The number of ether oxygens (including phenoxy) is 1. The topological polar surface area (TPSA) is 58.2 Å². The van der Waals surface area contributed by atoms with Crippen LogP contribution in [0.25, 0.3) is 0 Å². The number of anilines is 1. The highest BCUT2D eigenvalue weighted by atomic mass is 16.5. The number of rotatable bonds is 4. The lowest BCUT2D eigenvalue weighted by Gasteiger charge is -2.13. The number of benzene rings is 1. The first-order valence-electron chi connectivity index (χ1n) is 6.14. The second-order valence-electron chi connectivity index (χ2n) is 4.38. The van der Waals surface area contributed by atoms with Gasteiger partial charge >= 0.3 is 0 Å². The third kappa shape index (κ3) is 3.34. The summed E-state index contributed by atoms with van der Waals surface area (Å²) in [5.41, 5.74) is 0.823. The van der Waals surface area contributed by atoms with Crippen LogP contribution in [0.5, 0.6) is 11.6 Å². The summed E-state index contributed by atoms with van der Waals surface area (Å²) in [6.07, 6.45) is 0.657. The number of hydrogen-bond acceptors (Lipinski definition) is 4. The van der Waals surface area contributed by atoms with Crippen LogP contribution in [0.3, 0.4) is 0 Å². The molecule has 1 aromatic carbocycles. The van der Waals surface area contributed by atoms with Crippen LogP contribution in [0.1, 0.15) is 12.7 Å². The summed E-state index contributed by atoms with van der Waals surface area (Å²) in [6, 6.07) is 8.96. The molecule has 0 aliphatic rings. The largest absolute Gasteiger partial charge is 0.439 e. The lowest BCUT2D eigenvalue weighted by atomic mass is 10.3. The molecule has 0 amide bonds. The Morgan fingerprint density at radius 1 is 1.32 bits per heavy atom. The first-order valence-corrected chi connectivity index (χ1v) is 6.14. The highest BCUT2D eigenvalue weighted by molar-refractivity contribution is 5.49. The maximum Gasteiger partial charge on any atom is 0.254 e. The second kappa shape index (κ2) is 5.56. The van der Waals surface area contributed by atoms with Crippen LogP contribution < -0.4 is 15.2 Å². The van der Waals surface area contributed by atoms with Crippen molar-refractivity contribution >= 4 is 5.69 Å². The van der Waals surface area contributed by atoms with E-state index in [1.165, 1.54) is 6.07 Å². The molecule has 0 fully saturated rings. The number of hydrogen-bond donors (Lipinski definition) is 1. The summed E-state index contributed by atoms with van der Waals surface area (Å²) in [5.74, 6) is 1.59. The van der Waals surface area contributed by atoms with Gasteiger partial charge < -0.3 is 14.6 Å². The van der Waals surface area contributed by atoms with E-state index in [1.807, 2.05) is 50.2 Å². The number of H-pyrrole nitrogens is 1. The van der Waals surface area contributed by atoms with Crippen molar-refractivity contribution in [2.45, 2.75) is 13.3 Å². The molecule has 0 bridgehead atoms. The van der Waals surface area contributed by atoms with E-state index >= 15 is 0 Å². The van der Waals surface area contributed by atoms with Crippen LogP contribution in [0.15, 0.2) is 35.1 Å². The summed E-state index contributed by atoms with van der Waals surface area (Å²) < 4.78 is 5.63. The van der Waals surface area contributed by atoms with Crippen molar-refractivity contribution in [3.63, 3.8) is 0 Å². The third-order valence-corrected chi connectivity index (χ3v) is 2.66. The van der Waals surface area contributed by atoms with Gasteiger partial charge in [-0.2, -0.15) is 4.98 Å². The van der Waals surface area contributed by atoms with Gasteiger partial charge in [0, 0.05) is 32.3 Å². The first-order chi connectivity index (χ1) is 9.08. The summed E-state index contributed by atoms with van der Waals surface area (Å²) >= 11 is 0. The monoisotopic (exact) mass is 259 g/mol. The van der Waals surface area contributed by atoms with Gasteiger partial charge in [0.05, 0.1) is 6.07 Å². The molecule has 19 heavy (non-hydrogen) atoms. The van der Waals surface area contributed by atoms with E-state index in [1.54, 1.807) is 0 Å². The van der Waals surface area contributed by atoms with Crippen LogP contribution in [-0.2, 0) is 6.42 Å². The predicted octanol–water partition coefficient (Wildman–Crippen LogP) is 2.19. The summed E-state index contributed by atoms with van der Waals surface area (Å²) in [5, 5.41) is 0. The van der Waals surface area contributed by atoms with Gasteiger partial charge in [0.1, 0.15) is 11.6 Å². The Morgan fingerprint density at radius 3 is 2.79 bits per heavy atom. The van der Waals surface area contributed by atoms with Crippen LogP contribution in [0.4, 0.5) is 5.69 Å².